The van der Waals surface area contributed by atoms with Crippen LogP contribution in [-0.2, 0) is 4.79 Å². The second-order valence-electron chi connectivity index (χ2n) is 2.19. The summed E-state index contributed by atoms with van der Waals surface area (Å²) in [6.07, 6.45) is 9.72. The molecule has 0 radical (unpaired) electrons. The molecule has 0 heterocycles. The average Bonchev–Trinajstić information content (AvgIpc) is 2.10. The molecule has 0 rings (SSSR count). The Morgan fingerprint density at radius 2 is 1.85 bits per heavy atom. The van der Waals surface area contributed by atoms with Gasteiger partial charge in [-0.15, -0.1) is 0 Å². The lowest BCUT2D eigenvalue weighted by atomic mass is 10.4. The van der Waals surface area contributed by atoms with E-state index in [9.17, 15) is 4.79 Å². The van der Waals surface area contributed by atoms with Crippen molar-refractivity contribution in [1.82, 2.24) is 0 Å². The molecule has 0 amide bonds. The second kappa shape index (κ2) is 7.03. The van der Waals surface area contributed by atoms with E-state index in [4.69, 9.17) is 5.11 Å². The Morgan fingerprint density at radius 3 is 2.31 bits per heavy atom. The molecule has 0 aliphatic carbocycles. The Bertz CT molecular complexity index is 273. The maximum absolute atomic E-state index is 10.6. The topological polar surface area (TPSA) is 49.7 Å². The SMILES string of the molecule is C\C=C/C=C(\N=C/C=C/C)C(=O)O. The van der Waals surface area contributed by atoms with Crippen LogP contribution < -0.4 is 0 Å². The Morgan fingerprint density at radius 1 is 1.23 bits per heavy atom. The van der Waals surface area contributed by atoms with E-state index >= 15 is 0 Å². The van der Waals surface area contributed by atoms with Gasteiger partial charge in [0.15, 0.2) is 0 Å². The fraction of sp³-hybridized carbons (Fsp3) is 0.200. The van der Waals surface area contributed by atoms with Gasteiger partial charge in [-0.05, 0) is 26.0 Å². The summed E-state index contributed by atoms with van der Waals surface area (Å²) >= 11 is 0. The van der Waals surface area contributed by atoms with Gasteiger partial charge in [0.2, 0.25) is 0 Å². The fourth-order valence-electron chi connectivity index (χ4n) is 0.566. The average molecular weight is 179 g/mol. The highest BCUT2D eigenvalue weighted by molar-refractivity contribution is 5.89. The van der Waals surface area contributed by atoms with E-state index in [1.165, 1.54) is 12.3 Å². The third-order valence-electron chi connectivity index (χ3n) is 1.16. The van der Waals surface area contributed by atoms with E-state index in [1.54, 1.807) is 24.3 Å². The van der Waals surface area contributed by atoms with Crippen molar-refractivity contribution in [1.29, 1.82) is 0 Å². The lowest BCUT2D eigenvalue weighted by Gasteiger charge is -1.89. The number of aliphatic imine (C=N–C) groups is 1. The van der Waals surface area contributed by atoms with Crippen molar-refractivity contribution < 1.29 is 9.90 Å². The molecule has 1 N–H and O–H groups in total. The maximum atomic E-state index is 10.6. The van der Waals surface area contributed by atoms with Crippen LogP contribution in [0.25, 0.3) is 0 Å². The number of nitrogens with zero attached hydrogens (tertiary/aromatic N) is 1. The monoisotopic (exact) mass is 179 g/mol. The molecule has 0 aliphatic rings. The van der Waals surface area contributed by atoms with Crippen molar-refractivity contribution in [2.75, 3.05) is 0 Å². The first-order valence-corrected chi connectivity index (χ1v) is 3.94. The first-order chi connectivity index (χ1) is 6.22. The van der Waals surface area contributed by atoms with E-state index in [1.807, 2.05) is 13.8 Å². The molecule has 0 fully saturated rings. The highest BCUT2D eigenvalue weighted by atomic mass is 16.4. The maximum Gasteiger partial charge on any atom is 0.354 e. The number of allylic oxidation sites excluding steroid dienone is 5. The van der Waals surface area contributed by atoms with Gasteiger partial charge in [-0.3, -0.25) is 0 Å². The van der Waals surface area contributed by atoms with Gasteiger partial charge in [0.25, 0.3) is 0 Å². The zero-order valence-corrected chi connectivity index (χ0v) is 7.77. The van der Waals surface area contributed by atoms with Crippen LogP contribution in [0, 0.1) is 0 Å². The van der Waals surface area contributed by atoms with Gasteiger partial charge in [-0.1, -0.05) is 18.2 Å². The van der Waals surface area contributed by atoms with E-state index in [0.29, 0.717) is 0 Å². The van der Waals surface area contributed by atoms with Crippen LogP contribution in [-0.4, -0.2) is 17.3 Å². The van der Waals surface area contributed by atoms with Gasteiger partial charge in [0.1, 0.15) is 5.70 Å². The summed E-state index contributed by atoms with van der Waals surface area (Å²) in [4.78, 5) is 14.3. The molecule has 3 heteroatoms. The van der Waals surface area contributed by atoms with E-state index in [2.05, 4.69) is 4.99 Å². The Hall–Kier alpha value is -1.64. The molecule has 0 aromatic heterocycles. The molecule has 3 nitrogen and oxygen atoms in total. The predicted octanol–water partition coefficient (Wildman–Crippen LogP) is 2.18. The standard InChI is InChI=1S/C10H13NO2/c1-3-5-7-9(10(12)13)11-8-6-4-2/h3-8H,1-2H3,(H,12,13)/b5-3-,6-4+,9-7-,11-8-. The molecular weight excluding hydrogens is 166 g/mol. The molecule has 0 bridgehead atoms. The van der Waals surface area contributed by atoms with Gasteiger partial charge < -0.3 is 5.11 Å². The largest absolute Gasteiger partial charge is 0.477 e. The van der Waals surface area contributed by atoms with Crippen LogP contribution in [0.4, 0.5) is 0 Å². The third-order valence-corrected chi connectivity index (χ3v) is 1.16. The highest BCUT2D eigenvalue weighted by Crippen LogP contribution is 1.96. The Kier molecular flexibility index (Phi) is 6.15. The lowest BCUT2D eigenvalue weighted by molar-refractivity contribution is -0.132. The molecule has 0 aromatic carbocycles. The minimum absolute atomic E-state index is 0.0243. The summed E-state index contributed by atoms with van der Waals surface area (Å²) in [5, 5.41) is 8.66. The highest BCUT2D eigenvalue weighted by Gasteiger charge is 2.00. The zero-order chi connectivity index (χ0) is 10.1. The van der Waals surface area contributed by atoms with Crippen LogP contribution in [0.15, 0.2) is 41.1 Å². The fourth-order valence-corrected chi connectivity index (χ4v) is 0.566. The molecule has 0 spiro atoms. The molecule has 0 aliphatic heterocycles. The van der Waals surface area contributed by atoms with Crippen LogP contribution in [0.1, 0.15) is 13.8 Å². The number of aliphatic carboxylic acids is 1. The molecule has 0 saturated heterocycles. The summed E-state index contributed by atoms with van der Waals surface area (Å²) in [7, 11) is 0. The Labute approximate surface area is 77.8 Å². The van der Waals surface area contributed by atoms with Gasteiger partial charge in [0, 0.05) is 6.21 Å². The smallest absolute Gasteiger partial charge is 0.354 e. The van der Waals surface area contributed by atoms with Crippen LogP contribution in [0.3, 0.4) is 0 Å². The quantitative estimate of drug-likeness (QED) is 0.408. The molecular formula is C10H13NO2. The van der Waals surface area contributed by atoms with Crippen molar-refractivity contribution in [3.8, 4) is 0 Å². The van der Waals surface area contributed by atoms with Crippen LogP contribution >= 0.6 is 0 Å². The predicted molar refractivity (Wildman–Crippen MR) is 53.8 cm³/mol. The van der Waals surface area contributed by atoms with Crippen molar-refractivity contribution in [2.24, 2.45) is 4.99 Å². The zero-order valence-electron chi connectivity index (χ0n) is 7.77. The minimum atomic E-state index is -1.03. The normalized spacial score (nSPS) is 13.5. The third kappa shape index (κ3) is 5.61. The number of hydrogen-bond acceptors (Lipinski definition) is 2. The number of hydrogen-bond donors (Lipinski definition) is 1. The van der Waals surface area contributed by atoms with Crippen molar-refractivity contribution in [3.05, 3.63) is 36.1 Å². The van der Waals surface area contributed by atoms with E-state index in [-0.39, 0.29) is 5.70 Å². The molecule has 0 atom stereocenters. The van der Waals surface area contributed by atoms with Crippen molar-refractivity contribution >= 4 is 12.2 Å². The molecule has 0 unspecified atom stereocenters. The van der Waals surface area contributed by atoms with Crippen LogP contribution in [0.2, 0.25) is 0 Å². The van der Waals surface area contributed by atoms with Crippen molar-refractivity contribution in [2.45, 2.75) is 13.8 Å². The number of carbonyl (C=O) groups is 1. The molecule has 70 valence electrons. The minimum Gasteiger partial charge on any atom is -0.477 e. The van der Waals surface area contributed by atoms with Crippen LogP contribution in [0.5, 0.6) is 0 Å². The number of carboxylic acids is 1. The Balaban J connectivity index is 4.53. The first kappa shape index (κ1) is 11.4. The number of rotatable bonds is 4. The van der Waals surface area contributed by atoms with Gasteiger partial charge >= 0.3 is 5.97 Å². The summed E-state index contributed by atoms with van der Waals surface area (Å²) in [6.45, 7) is 3.65. The van der Waals surface area contributed by atoms with Gasteiger partial charge in [-0.2, -0.15) is 0 Å². The van der Waals surface area contributed by atoms with Gasteiger partial charge in [-0.25, -0.2) is 9.79 Å². The summed E-state index contributed by atoms with van der Waals surface area (Å²) in [5.74, 6) is -1.03. The lowest BCUT2D eigenvalue weighted by Crippen LogP contribution is -1.97. The summed E-state index contributed by atoms with van der Waals surface area (Å²) in [6, 6.07) is 0. The van der Waals surface area contributed by atoms with Gasteiger partial charge in [0.05, 0.1) is 0 Å². The number of carboxylic acid groups (broad SMARTS) is 1. The molecule has 0 saturated carbocycles. The van der Waals surface area contributed by atoms with E-state index in [0.717, 1.165) is 0 Å². The van der Waals surface area contributed by atoms with E-state index < -0.39 is 5.97 Å². The molecule has 0 aromatic rings. The molecule has 13 heavy (non-hydrogen) atoms. The first-order valence-electron chi connectivity index (χ1n) is 3.94. The second-order valence-corrected chi connectivity index (χ2v) is 2.19. The van der Waals surface area contributed by atoms with Crippen molar-refractivity contribution in [3.63, 3.8) is 0 Å². The summed E-state index contributed by atoms with van der Waals surface area (Å²) in [5.41, 5.74) is 0.0243. The summed E-state index contributed by atoms with van der Waals surface area (Å²) < 4.78 is 0.